The summed E-state index contributed by atoms with van der Waals surface area (Å²) >= 11 is 1.90. The van der Waals surface area contributed by atoms with Gasteiger partial charge >= 0.3 is 0 Å². The molecule has 5 aromatic heterocycles. The maximum Gasteiger partial charge on any atom is 0.159 e. The van der Waals surface area contributed by atoms with Gasteiger partial charge in [0.15, 0.2) is 5.58 Å². The van der Waals surface area contributed by atoms with E-state index >= 15 is 0 Å². The van der Waals surface area contributed by atoms with E-state index in [-0.39, 0.29) is 0 Å². The minimum absolute atomic E-state index is 0.886. The van der Waals surface area contributed by atoms with E-state index in [0.717, 1.165) is 44.5 Å². The topological polar surface area (TPSA) is 27.9 Å². The third-order valence-corrected chi connectivity index (χ3v) is 14.7. The van der Waals surface area contributed by atoms with Gasteiger partial charge in [0.1, 0.15) is 5.58 Å². The van der Waals surface area contributed by atoms with Crippen molar-refractivity contribution in [3.05, 3.63) is 200 Å². The van der Waals surface area contributed by atoms with Crippen LogP contribution in [0.5, 0.6) is 0 Å². The number of thiophene rings is 1. The Balaban J connectivity index is 1.13. The van der Waals surface area contributed by atoms with E-state index in [9.17, 15) is 0 Å². The van der Waals surface area contributed by atoms with E-state index in [2.05, 4.69) is 214 Å². The summed E-state index contributed by atoms with van der Waals surface area (Å²) in [7, 11) is 0. The van der Waals surface area contributed by atoms with Crippen molar-refractivity contribution in [2.75, 3.05) is 0 Å². The molecule has 5 heterocycles. The summed E-state index contributed by atoms with van der Waals surface area (Å²) in [6.07, 6.45) is 0. The second-order valence-corrected chi connectivity index (χ2v) is 17.8. The lowest BCUT2D eigenvalue weighted by Crippen LogP contribution is -1.99. The van der Waals surface area contributed by atoms with Gasteiger partial charge < -0.3 is 18.1 Å². The number of aromatic nitrogens is 3. The van der Waals surface area contributed by atoms with Crippen molar-refractivity contribution in [3.8, 4) is 17.1 Å². The zero-order valence-corrected chi connectivity index (χ0v) is 34.5. The van der Waals surface area contributed by atoms with Crippen LogP contribution in [-0.2, 0) is 0 Å². The fraction of sp³-hybridized carbons (Fsp3) is 0. The standard InChI is InChI=1S/C58H33N3OS/c1-2-16-35-32-50-44(31-34(35)15-1)40-24-14-29-49(57(40)62-50)61-48-28-11-5-21-41(48)52-53-43-23-7-12-30-51(43)63-58(53)56-54(55(52)61)42-22-6-10-27-47(42)60(56)37-18-13-17-36(33-37)59-45-25-8-3-19-38(45)39-20-4-9-26-46(39)59/h1-33H. The number of fused-ring (bicyclic) bond motifs is 19. The average Bonchev–Trinajstić information content (AvgIpc) is 4.14. The third-order valence-electron chi connectivity index (χ3n) is 13.6. The Bertz CT molecular complexity index is 4400. The van der Waals surface area contributed by atoms with Crippen LogP contribution < -0.4 is 0 Å². The predicted molar refractivity (Wildman–Crippen MR) is 267 cm³/mol. The molecule has 4 nitrogen and oxygen atoms in total. The van der Waals surface area contributed by atoms with Crippen LogP contribution in [0.4, 0.5) is 0 Å². The Morgan fingerprint density at radius 1 is 0.349 bits per heavy atom. The number of hydrogen-bond acceptors (Lipinski definition) is 2. The van der Waals surface area contributed by atoms with Gasteiger partial charge in [-0.25, -0.2) is 0 Å². The Kier molecular flexibility index (Phi) is 6.53. The monoisotopic (exact) mass is 819 g/mol. The van der Waals surface area contributed by atoms with E-state index in [1.54, 1.807) is 0 Å². The minimum atomic E-state index is 0.886. The number of hydrogen-bond donors (Lipinski definition) is 0. The van der Waals surface area contributed by atoms with Gasteiger partial charge in [-0.1, -0.05) is 133 Å². The van der Waals surface area contributed by atoms with E-state index < -0.39 is 0 Å². The molecule has 0 aliphatic heterocycles. The van der Waals surface area contributed by atoms with Crippen LogP contribution in [-0.4, -0.2) is 13.7 Å². The Labute approximate surface area is 363 Å². The van der Waals surface area contributed by atoms with E-state index in [0.29, 0.717) is 0 Å². The molecule has 0 aliphatic rings. The predicted octanol–water partition coefficient (Wildman–Crippen LogP) is 16.4. The number of para-hydroxylation sites is 5. The van der Waals surface area contributed by atoms with Gasteiger partial charge in [0.05, 0.1) is 43.5 Å². The van der Waals surface area contributed by atoms with Crippen LogP contribution in [0.15, 0.2) is 205 Å². The lowest BCUT2D eigenvalue weighted by molar-refractivity contribution is 0.667. The number of rotatable bonds is 3. The van der Waals surface area contributed by atoms with E-state index in [1.165, 1.54) is 90.8 Å². The molecule has 0 fully saturated rings. The summed E-state index contributed by atoms with van der Waals surface area (Å²) in [5.41, 5.74) is 12.2. The van der Waals surface area contributed by atoms with Crippen molar-refractivity contribution in [1.29, 1.82) is 0 Å². The molecule has 0 aliphatic carbocycles. The normalized spacial score (nSPS) is 12.4. The molecule has 0 spiro atoms. The first-order valence-corrected chi connectivity index (χ1v) is 22.3. The van der Waals surface area contributed by atoms with E-state index in [1.807, 2.05) is 11.3 Å². The summed E-state index contributed by atoms with van der Waals surface area (Å²) < 4.78 is 17.0. The molecule has 0 bridgehead atoms. The van der Waals surface area contributed by atoms with Crippen LogP contribution >= 0.6 is 11.3 Å². The zero-order valence-electron chi connectivity index (χ0n) is 33.7. The fourth-order valence-corrected chi connectivity index (χ4v) is 12.3. The van der Waals surface area contributed by atoms with Crippen molar-refractivity contribution < 1.29 is 4.42 Å². The lowest BCUT2D eigenvalue weighted by atomic mass is 10.0. The van der Waals surface area contributed by atoms with Crippen LogP contribution in [0.25, 0.3) is 135 Å². The number of furan rings is 1. The highest BCUT2D eigenvalue weighted by atomic mass is 32.1. The second-order valence-electron chi connectivity index (χ2n) is 16.8. The number of nitrogens with zero attached hydrogens (tertiary/aromatic N) is 3. The van der Waals surface area contributed by atoms with Crippen molar-refractivity contribution in [2.24, 2.45) is 0 Å². The highest BCUT2D eigenvalue weighted by Gasteiger charge is 2.28. The molecule has 0 amide bonds. The summed E-state index contributed by atoms with van der Waals surface area (Å²) in [5.74, 6) is 0. The molecule has 0 unspecified atom stereocenters. The molecule has 0 atom stereocenters. The molecule has 0 saturated heterocycles. The molecule has 15 rings (SSSR count). The highest BCUT2D eigenvalue weighted by Crippen LogP contribution is 2.52. The molecule has 10 aromatic carbocycles. The van der Waals surface area contributed by atoms with Gasteiger partial charge in [0.25, 0.3) is 0 Å². The maximum absolute atomic E-state index is 7.01. The van der Waals surface area contributed by atoms with Crippen LogP contribution in [0, 0.1) is 0 Å². The SMILES string of the molecule is c1cc(-n2c3ccccc3c3ccccc32)cc(-n2c3ccccc3c3c2c2sc4ccccc4c2c2c4ccccc4n(-c4cccc5c4oc4cc6ccccc6cc45)c23)c1. The Morgan fingerprint density at radius 3 is 1.62 bits per heavy atom. The van der Waals surface area contributed by atoms with Crippen molar-refractivity contribution >= 4 is 130 Å². The molecule has 0 radical (unpaired) electrons. The quantitative estimate of drug-likeness (QED) is 0.174. The van der Waals surface area contributed by atoms with Gasteiger partial charge in [-0.05, 0) is 77.5 Å². The second kappa shape index (κ2) is 12.3. The summed E-state index contributed by atoms with van der Waals surface area (Å²) in [4.78, 5) is 0. The van der Waals surface area contributed by atoms with Crippen LogP contribution in [0.1, 0.15) is 0 Å². The lowest BCUT2D eigenvalue weighted by Gasteiger charge is -2.14. The van der Waals surface area contributed by atoms with E-state index in [4.69, 9.17) is 4.42 Å². The van der Waals surface area contributed by atoms with Gasteiger partial charge in [-0.3, -0.25) is 0 Å². The maximum atomic E-state index is 7.01. The smallest absolute Gasteiger partial charge is 0.159 e. The summed E-state index contributed by atoms with van der Waals surface area (Å²) in [5, 5.41) is 14.6. The molecule has 292 valence electrons. The highest BCUT2D eigenvalue weighted by molar-refractivity contribution is 7.27. The van der Waals surface area contributed by atoms with Gasteiger partial charge in [0, 0.05) is 69.9 Å². The van der Waals surface area contributed by atoms with Crippen molar-refractivity contribution in [1.82, 2.24) is 13.7 Å². The summed E-state index contributed by atoms with van der Waals surface area (Å²) in [6.45, 7) is 0. The largest absolute Gasteiger partial charge is 0.454 e. The van der Waals surface area contributed by atoms with Crippen LogP contribution in [0.2, 0.25) is 0 Å². The first-order valence-electron chi connectivity index (χ1n) is 21.5. The number of benzene rings is 10. The Morgan fingerprint density at radius 2 is 0.889 bits per heavy atom. The van der Waals surface area contributed by atoms with Crippen molar-refractivity contribution in [2.45, 2.75) is 0 Å². The molecule has 63 heavy (non-hydrogen) atoms. The van der Waals surface area contributed by atoms with Gasteiger partial charge in [-0.15, -0.1) is 11.3 Å². The molecule has 5 heteroatoms. The first-order chi connectivity index (χ1) is 31.3. The molecular formula is C58H33N3OS. The fourth-order valence-electron chi connectivity index (χ4n) is 11.0. The molecule has 15 aromatic rings. The molecular weight excluding hydrogens is 787 g/mol. The molecule has 0 saturated carbocycles. The van der Waals surface area contributed by atoms with Gasteiger partial charge in [-0.2, -0.15) is 0 Å². The van der Waals surface area contributed by atoms with Crippen molar-refractivity contribution in [3.63, 3.8) is 0 Å². The summed E-state index contributed by atoms with van der Waals surface area (Å²) in [6, 6.07) is 73.2. The minimum Gasteiger partial charge on any atom is -0.454 e. The first kappa shape index (κ1) is 33.6. The Hall–Kier alpha value is -8.12. The van der Waals surface area contributed by atoms with Crippen LogP contribution in [0.3, 0.4) is 0 Å². The zero-order chi connectivity index (χ0) is 40.9. The average molecular weight is 820 g/mol. The molecule has 0 N–H and O–H groups in total. The van der Waals surface area contributed by atoms with Gasteiger partial charge in [0.2, 0.25) is 0 Å². The third kappa shape index (κ3) is 4.38.